The second-order valence-corrected chi connectivity index (χ2v) is 8.83. The van der Waals surface area contributed by atoms with Crippen molar-refractivity contribution in [2.45, 2.75) is 17.7 Å². The van der Waals surface area contributed by atoms with E-state index in [-0.39, 0.29) is 10.7 Å². The minimum atomic E-state index is -3.93. The number of aryl methyl sites for hydroxylation is 3. The van der Waals surface area contributed by atoms with Gasteiger partial charge in [-0.05, 0) is 30.2 Å². The first-order valence-corrected chi connectivity index (χ1v) is 11.1. The van der Waals surface area contributed by atoms with Gasteiger partial charge in [-0.2, -0.15) is 0 Å². The third-order valence-electron chi connectivity index (χ3n) is 5.09. The number of rotatable bonds is 7. The Bertz CT molecular complexity index is 1370. The van der Waals surface area contributed by atoms with E-state index in [1.807, 2.05) is 29.9 Å². The number of sulfonamides is 1. The van der Waals surface area contributed by atoms with Crippen molar-refractivity contribution in [2.75, 3.05) is 4.72 Å². The van der Waals surface area contributed by atoms with Crippen LogP contribution in [0, 0.1) is 5.41 Å². The molecule has 0 unspecified atom stereocenters. The highest BCUT2D eigenvalue weighted by Crippen LogP contribution is 2.26. The molecule has 0 saturated carbocycles. The number of nitrogen functional groups attached to an aromatic ring is 1. The van der Waals surface area contributed by atoms with E-state index >= 15 is 0 Å². The van der Waals surface area contributed by atoms with Crippen molar-refractivity contribution < 1.29 is 8.42 Å². The fourth-order valence-corrected chi connectivity index (χ4v) is 4.71. The molecule has 2 heterocycles. The third-order valence-corrected chi connectivity index (χ3v) is 6.49. The lowest BCUT2D eigenvalue weighted by atomic mass is 10.0. The van der Waals surface area contributed by atoms with Crippen LogP contribution in [0.5, 0.6) is 0 Å². The Morgan fingerprint density at radius 1 is 1.10 bits per heavy atom. The standard InChI is InChI=1S/C22H22N6O2S/c1-28-13-12-25-20(28)10-9-15-7-8-17(22(23)24)14-18(15)27-31(29,30)19-6-2-4-16-5-3-11-26-21(16)19/h2-8,11-14,27H,9-10H2,1H3,(H3,23,24). The van der Waals surface area contributed by atoms with Crippen LogP contribution in [0.25, 0.3) is 10.9 Å². The van der Waals surface area contributed by atoms with Crippen LogP contribution in [0.3, 0.4) is 0 Å². The molecule has 2 aromatic heterocycles. The molecule has 0 saturated heterocycles. The topological polar surface area (TPSA) is 127 Å². The highest BCUT2D eigenvalue weighted by atomic mass is 32.2. The second-order valence-electron chi connectivity index (χ2n) is 7.18. The number of nitrogens with two attached hydrogens (primary N) is 1. The number of anilines is 1. The zero-order valence-electron chi connectivity index (χ0n) is 16.9. The van der Waals surface area contributed by atoms with Crippen LogP contribution in [0.1, 0.15) is 17.0 Å². The van der Waals surface area contributed by atoms with Crippen LogP contribution in [-0.2, 0) is 29.9 Å². The summed E-state index contributed by atoms with van der Waals surface area (Å²) >= 11 is 0. The van der Waals surface area contributed by atoms with Crippen LogP contribution < -0.4 is 10.5 Å². The molecule has 4 rings (SSSR count). The largest absolute Gasteiger partial charge is 0.384 e. The summed E-state index contributed by atoms with van der Waals surface area (Å²) in [4.78, 5) is 8.67. The zero-order chi connectivity index (χ0) is 22.0. The van der Waals surface area contributed by atoms with Gasteiger partial charge < -0.3 is 10.3 Å². The predicted octanol–water partition coefficient (Wildman–Crippen LogP) is 2.84. The number of para-hydroxylation sites is 1. The van der Waals surface area contributed by atoms with E-state index in [0.29, 0.717) is 29.6 Å². The molecule has 0 amide bonds. The molecule has 158 valence electrons. The minimum absolute atomic E-state index is 0.0916. The van der Waals surface area contributed by atoms with Gasteiger partial charge in [0.25, 0.3) is 10.0 Å². The quantitative estimate of drug-likeness (QED) is 0.304. The molecule has 0 bridgehead atoms. The first kappa shape index (κ1) is 20.5. The first-order valence-electron chi connectivity index (χ1n) is 9.65. The molecule has 9 heteroatoms. The lowest BCUT2D eigenvalue weighted by Gasteiger charge is -2.15. The zero-order valence-corrected chi connectivity index (χ0v) is 17.7. The molecule has 8 nitrogen and oxygen atoms in total. The van der Waals surface area contributed by atoms with Crippen LogP contribution in [0.15, 0.2) is 72.0 Å². The maximum absolute atomic E-state index is 13.3. The summed E-state index contributed by atoms with van der Waals surface area (Å²) in [5.41, 5.74) is 7.64. The Labute approximate surface area is 180 Å². The van der Waals surface area contributed by atoms with Gasteiger partial charge in [-0.1, -0.05) is 30.3 Å². The molecule has 0 fully saturated rings. The number of aromatic nitrogens is 3. The fourth-order valence-electron chi connectivity index (χ4n) is 3.43. The number of hydrogen-bond acceptors (Lipinski definition) is 5. The van der Waals surface area contributed by atoms with Crippen molar-refractivity contribution >= 4 is 32.4 Å². The average Bonchev–Trinajstić information content (AvgIpc) is 3.16. The molecule has 0 spiro atoms. The summed E-state index contributed by atoms with van der Waals surface area (Å²) in [6.07, 6.45) is 6.36. The molecule has 4 N–H and O–H groups in total. The molecular weight excluding hydrogens is 412 g/mol. The van der Waals surface area contributed by atoms with Crippen molar-refractivity contribution in [3.8, 4) is 0 Å². The second kappa shape index (κ2) is 8.19. The summed E-state index contributed by atoms with van der Waals surface area (Å²) in [5.74, 6) is 0.755. The number of fused-ring (bicyclic) bond motifs is 1. The molecule has 0 aliphatic carbocycles. The molecule has 0 atom stereocenters. The van der Waals surface area contributed by atoms with E-state index in [9.17, 15) is 8.42 Å². The summed E-state index contributed by atoms with van der Waals surface area (Å²) in [6.45, 7) is 0. The molecule has 0 aliphatic rings. The maximum Gasteiger partial charge on any atom is 0.264 e. The van der Waals surface area contributed by atoms with Gasteiger partial charge in [0.2, 0.25) is 0 Å². The Kier molecular flexibility index (Phi) is 5.43. The van der Waals surface area contributed by atoms with Crippen LogP contribution in [0.4, 0.5) is 5.69 Å². The molecule has 0 radical (unpaired) electrons. The Hall–Kier alpha value is -3.72. The number of imidazole rings is 1. The normalized spacial score (nSPS) is 11.5. The van der Waals surface area contributed by atoms with Gasteiger partial charge in [-0.3, -0.25) is 15.1 Å². The molecule has 4 aromatic rings. The van der Waals surface area contributed by atoms with Crippen molar-refractivity contribution in [1.82, 2.24) is 14.5 Å². The molecular formula is C22H22N6O2S. The molecule has 0 aliphatic heterocycles. The summed E-state index contributed by atoms with van der Waals surface area (Å²) in [5, 5.41) is 8.46. The summed E-state index contributed by atoms with van der Waals surface area (Å²) in [7, 11) is -2.01. The van der Waals surface area contributed by atoms with E-state index in [1.54, 1.807) is 42.7 Å². The predicted molar refractivity (Wildman–Crippen MR) is 121 cm³/mol. The lowest BCUT2D eigenvalue weighted by molar-refractivity contribution is 0.602. The highest BCUT2D eigenvalue weighted by molar-refractivity contribution is 7.93. The minimum Gasteiger partial charge on any atom is -0.384 e. The highest BCUT2D eigenvalue weighted by Gasteiger charge is 2.20. The van der Waals surface area contributed by atoms with Crippen molar-refractivity contribution in [3.05, 3.63) is 84.1 Å². The van der Waals surface area contributed by atoms with Gasteiger partial charge in [0, 0.05) is 43.0 Å². The SMILES string of the molecule is Cn1ccnc1CCc1ccc(C(=N)N)cc1NS(=O)(=O)c1cccc2cccnc12. The van der Waals surface area contributed by atoms with E-state index < -0.39 is 10.0 Å². The van der Waals surface area contributed by atoms with E-state index in [2.05, 4.69) is 14.7 Å². The number of pyridine rings is 1. The van der Waals surface area contributed by atoms with Crippen LogP contribution in [-0.4, -0.2) is 28.8 Å². The van der Waals surface area contributed by atoms with E-state index in [0.717, 1.165) is 16.8 Å². The third kappa shape index (κ3) is 4.26. The van der Waals surface area contributed by atoms with E-state index in [1.165, 1.54) is 6.07 Å². The van der Waals surface area contributed by atoms with Gasteiger partial charge in [0.1, 0.15) is 16.6 Å². The summed E-state index contributed by atoms with van der Waals surface area (Å²) < 4.78 is 31.2. The van der Waals surface area contributed by atoms with Crippen molar-refractivity contribution in [2.24, 2.45) is 12.8 Å². The molecule has 31 heavy (non-hydrogen) atoms. The number of nitrogens with one attached hydrogen (secondary N) is 2. The molecule has 2 aromatic carbocycles. The van der Waals surface area contributed by atoms with Crippen LogP contribution in [0.2, 0.25) is 0 Å². The maximum atomic E-state index is 13.3. The number of hydrogen-bond donors (Lipinski definition) is 3. The first-order chi connectivity index (χ1) is 14.8. The van der Waals surface area contributed by atoms with Gasteiger partial charge in [-0.15, -0.1) is 0 Å². The van der Waals surface area contributed by atoms with Gasteiger partial charge in [0.05, 0.1) is 11.2 Å². The Balaban J connectivity index is 1.72. The number of benzene rings is 2. The van der Waals surface area contributed by atoms with Gasteiger partial charge in [-0.25, -0.2) is 13.4 Å². The Morgan fingerprint density at radius 3 is 2.65 bits per heavy atom. The lowest BCUT2D eigenvalue weighted by Crippen LogP contribution is -2.17. The van der Waals surface area contributed by atoms with E-state index in [4.69, 9.17) is 11.1 Å². The number of amidine groups is 1. The van der Waals surface area contributed by atoms with Crippen molar-refractivity contribution in [1.29, 1.82) is 5.41 Å². The van der Waals surface area contributed by atoms with Gasteiger partial charge in [0.15, 0.2) is 0 Å². The van der Waals surface area contributed by atoms with Crippen molar-refractivity contribution in [3.63, 3.8) is 0 Å². The Morgan fingerprint density at radius 2 is 1.90 bits per heavy atom. The smallest absolute Gasteiger partial charge is 0.264 e. The monoisotopic (exact) mass is 434 g/mol. The average molecular weight is 435 g/mol. The van der Waals surface area contributed by atoms with Gasteiger partial charge >= 0.3 is 0 Å². The fraction of sp³-hybridized carbons (Fsp3) is 0.136. The van der Waals surface area contributed by atoms with Crippen LogP contribution >= 0.6 is 0 Å². The summed E-state index contributed by atoms with van der Waals surface area (Å²) in [6, 6.07) is 13.7. The number of nitrogens with zero attached hydrogens (tertiary/aromatic N) is 3.